The molecule has 0 radical (unpaired) electrons. The molecule has 2 atom stereocenters. The summed E-state index contributed by atoms with van der Waals surface area (Å²) >= 11 is 0. The van der Waals surface area contributed by atoms with Gasteiger partial charge >= 0.3 is 5.97 Å². The van der Waals surface area contributed by atoms with Gasteiger partial charge in [0, 0.05) is 25.0 Å². The second-order valence-corrected chi connectivity index (χ2v) is 5.22. The minimum absolute atomic E-state index is 0.0297. The highest BCUT2D eigenvalue weighted by molar-refractivity contribution is 6.04. The molecule has 0 aromatic carbocycles. The monoisotopic (exact) mass is 262 g/mol. The van der Waals surface area contributed by atoms with Crippen molar-refractivity contribution in [2.45, 2.75) is 32.7 Å². The third-order valence-corrected chi connectivity index (χ3v) is 3.66. The van der Waals surface area contributed by atoms with Crippen molar-refractivity contribution in [3.8, 4) is 0 Å². The summed E-state index contributed by atoms with van der Waals surface area (Å²) in [7, 11) is 0. The molecule has 1 aromatic rings. The fourth-order valence-electron chi connectivity index (χ4n) is 2.48. The predicted molar refractivity (Wildman–Crippen MR) is 70.1 cm³/mol. The van der Waals surface area contributed by atoms with Gasteiger partial charge in [0.2, 0.25) is 0 Å². The van der Waals surface area contributed by atoms with Gasteiger partial charge in [-0.2, -0.15) is 0 Å². The number of likely N-dealkylation sites (tertiary alicyclic amines) is 1. The molecule has 0 aliphatic carbocycles. The van der Waals surface area contributed by atoms with Crippen LogP contribution in [0.1, 0.15) is 47.4 Å². The SMILES string of the molecule is CC1CCC(C)N(C(=O)c2ccncc2C(=O)O)C1. The minimum atomic E-state index is -1.12. The van der Waals surface area contributed by atoms with E-state index in [2.05, 4.69) is 11.9 Å². The summed E-state index contributed by atoms with van der Waals surface area (Å²) in [5, 5.41) is 9.12. The summed E-state index contributed by atoms with van der Waals surface area (Å²) in [4.78, 5) is 29.2. The number of nitrogens with zero attached hydrogens (tertiary/aromatic N) is 2. The Bertz CT molecular complexity index is 501. The van der Waals surface area contributed by atoms with Crippen LogP contribution in [0.15, 0.2) is 18.5 Å². The Labute approximate surface area is 112 Å². The van der Waals surface area contributed by atoms with E-state index in [0.717, 1.165) is 12.8 Å². The second-order valence-electron chi connectivity index (χ2n) is 5.22. The van der Waals surface area contributed by atoms with Crippen molar-refractivity contribution >= 4 is 11.9 Å². The maximum atomic E-state index is 12.5. The summed E-state index contributed by atoms with van der Waals surface area (Å²) in [5.74, 6) is -0.872. The fourth-order valence-corrected chi connectivity index (χ4v) is 2.48. The topological polar surface area (TPSA) is 70.5 Å². The first-order valence-electron chi connectivity index (χ1n) is 6.49. The Morgan fingerprint density at radius 3 is 2.74 bits per heavy atom. The molecule has 1 fully saturated rings. The first kappa shape index (κ1) is 13.5. The van der Waals surface area contributed by atoms with Crippen molar-refractivity contribution in [2.75, 3.05) is 6.54 Å². The summed E-state index contributed by atoms with van der Waals surface area (Å²) in [6, 6.07) is 1.64. The van der Waals surface area contributed by atoms with Gasteiger partial charge in [0.1, 0.15) is 0 Å². The highest BCUT2D eigenvalue weighted by Crippen LogP contribution is 2.24. The zero-order valence-corrected chi connectivity index (χ0v) is 11.2. The number of aromatic carboxylic acids is 1. The van der Waals surface area contributed by atoms with E-state index < -0.39 is 5.97 Å². The average molecular weight is 262 g/mol. The Hall–Kier alpha value is -1.91. The summed E-state index contributed by atoms with van der Waals surface area (Å²) in [6.07, 6.45) is 4.75. The van der Waals surface area contributed by atoms with Gasteiger partial charge < -0.3 is 10.0 Å². The van der Waals surface area contributed by atoms with E-state index in [9.17, 15) is 9.59 Å². The van der Waals surface area contributed by atoms with Crippen molar-refractivity contribution in [1.82, 2.24) is 9.88 Å². The lowest BCUT2D eigenvalue weighted by molar-refractivity contribution is 0.0560. The molecule has 1 aliphatic heterocycles. The van der Waals surface area contributed by atoms with Gasteiger partial charge in [-0.25, -0.2) is 4.79 Å². The molecule has 2 heterocycles. The summed E-state index contributed by atoms with van der Waals surface area (Å²) in [6.45, 7) is 4.80. The number of rotatable bonds is 2. The minimum Gasteiger partial charge on any atom is -0.478 e. The number of hydrogen-bond acceptors (Lipinski definition) is 3. The number of hydrogen-bond donors (Lipinski definition) is 1. The Balaban J connectivity index is 2.31. The third-order valence-electron chi connectivity index (χ3n) is 3.66. The Morgan fingerprint density at radius 1 is 1.32 bits per heavy atom. The quantitative estimate of drug-likeness (QED) is 0.885. The standard InChI is InChI=1S/C14H18N2O3/c1-9-3-4-10(2)16(8-9)13(17)11-5-6-15-7-12(11)14(18)19/h5-7,9-10H,3-4,8H2,1-2H3,(H,18,19). The van der Waals surface area contributed by atoms with Crippen LogP contribution in [-0.4, -0.2) is 39.5 Å². The summed E-state index contributed by atoms with van der Waals surface area (Å²) in [5.41, 5.74) is 0.196. The Morgan fingerprint density at radius 2 is 2.05 bits per heavy atom. The van der Waals surface area contributed by atoms with Crippen molar-refractivity contribution in [3.63, 3.8) is 0 Å². The third kappa shape index (κ3) is 2.75. The predicted octanol–water partition coefficient (Wildman–Crippen LogP) is 2.04. The lowest BCUT2D eigenvalue weighted by Gasteiger charge is -2.37. The van der Waals surface area contributed by atoms with Crippen LogP contribution in [0.4, 0.5) is 0 Å². The molecular formula is C14H18N2O3. The van der Waals surface area contributed by atoms with Gasteiger partial charge in [-0.15, -0.1) is 0 Å². The average Bonchev–Trinajstić information content (AvgIpc) is 2.40. The molecule has 5 heteroatoms. The molecular weight excluding hydrogens is 244 g/mol. The van der Waals surface area contributed by atoms with E-state index in [0.29, 0.717) is 12.5 Å². The molecule has 102 valence electrons. The highest BCUT2D eigenvalue weighted by Gasteiger charge is 2.29. The van der Waals surface area contributed by atoms with Crippen LogP contribution in [0.2, 0.25) is 0 Å². The van der Waals surface area contributed by atoms with E-state index in [4.69, 9.17) is 5.11 Å². The number of carboxylic acid groups (broad SMARTS) is 1. The number of carbonyl (C=O) groups is 2. The van der Waals surface area contributed by atoms with Gasteiger partial charge in [0.05, 0.1) is 11.1 Å². The van der Waals surface area contributed by atoms with E-state index >= 15 is 0 Å². The molecule has 1 saturated heterocycles. The number of amides is 1. The number of carbonyl (C=O) groups excluding carboxylic acids is 1. The molecule has 2 rings (SSSR count). The van der Waals surface area contributed by atoms with Gasteiger partial charge in [-0.1, -0.05) is 6.92 Å². The molecule has 1 N–H and O–H groups in total. The zero-order valence-electron chi connectivity index (χ0n) is 11.2. The van der Waals surface area contributed by atoms with Crippen LogP contribution in [0.3, 0.4) is 0 Å². The maximum Gasteiger partial charge on any atom is 0.338 e. The number of piperidine rings is 1. The molecule has 5 nitrogen and oxygen atoms in total. The van der Waals surface area contributed by atoms with Crippen LogP contribution in [0.5, 0.6) is 0 Å². The highest BCUT2D eigenvalue weighted by atomic mass is 16.4. The van der Waals surface area contributed by atoms with Gasteiger partial charge in [-0.3, -0.25) is 9.78 Å². The Kier molecular flexibility index (Phi) is 3.83. The smallest absolute Gasteiger partial charge is 0.338 e. The lowest BCUT2D eigenvalue weighted by Crippen LogP contribution is -2.45. The van der Waals surface area contributed by atoms with Crippen LogP contribution in [0.25, 0.3) is 0 Å². The van der Waals surface area contributed by atoms with Gasteiger partial charge in [0.15, 0.2) is 0 Å². The molecule has 0 saturated carbocycles. The number of aromatic nitrogens is 1. The van der Waals surface area contributed by atoms with Gasteiger partial charge in [-0.05, 0) is 31.7 Å². The molecule has 1 amide bonds. The molecule has 0 spiro atoms. The van der Waals surface area contributed by atoms with E-state index in [-0.39, 0.29) is 23.1 Å². The van der Waals surface area contributed by atoms with Crippen molar-refractivity contribution in [2.24, 2.45) is 5.92 Å². The van der Waals surface area contributed by atoms with E-state index in [1.807, 2.05) is 6.92 Å². The maximum absolute atomic E-state index is 12.5. The molecule has 0 bridgehead atoms. The normalized spacial score (nSPS) is 23.2. The van der Waals surface area contributed by atoms with Crippen molar-refractivity contribution in [1.29, 1.82) is 0 Å². The van der Waals surface area contributed by atoms with Crippen LogP contribution >= 0.6 is 0 Å². The zero-order chi connectivity index (χ0) is 14.0. The number of carboxylic acids is 1. The molecule has 2 unspecified atom stereocenters. The number of pyridine rings is 1. The fraction of sp³-hybridized carbons (Fsp3) is 0.500. The van der Waals surface area contributed by atoms with Gasteiger partial charge in [0.25, 0.3) is 5.91 Å². The molecule has 1 aromatic heterocycles. The molecule has 19 heavy (non-hydrogen) atoms. The lowest BCUT2D eigenvalue weighted by atomic mass is 9.94. The first-order chi connectivity index (χ1) is 9.00. The van der Waals surface area contributed by atoms with Crippen LogP contribution < -0.4 is 0 Å². The largest absolute Gasteiger partial charge is 0.478 e. The van der Waals surface area contributed by atoms with Crippen LogP contribution in [0, 0.1) is 5.92 Å². The summed E-state index contributed by atoms with van der Waals surface area (Å²) < 4.78 is 0. The van der Waals surface area contributed by atoms with Crippen molar-refractivity contribution < 1.29 is 14.7 Å². The van der Waals surface area contributed by atoms with Crippen LogP contribution in [-0.2, 0) is 0 Å². The van der Waals surface area contributed by atoms with Crippen molar-refractivity contribution in [3.05, 3.63) is 29.6 Å². The van der Waals surface area contributed by atoms with E-state index in [1.165, 1.54) is 18.5 Å². The van der Waals surface area contributed by atoms with E-state index in [1.54, 1.807) is 4.90 Å². The first-order valence-corrected chi connectivity index (χ1v) is 6.49. The second kappa shape index (κ2) is 5.38. The molecule has 1 aliphatic rings.